The van der Waals surface area contributed by atoms with Gasteiger partial charge in [0.1, 0.15) is 5.60 Å². The number of aromatic nitrogens is 1. The number of rotatable bonds is 3. The van der Waals surface area contributed by atoms with E-state index < -0.39 is 5.60 Å². The molecule has 0 fully saturated rings. The summed E-state index contributed by atoms with van der Waals surface area (Å²) in [7, 11) is 1.57. The van der Waals surface area contributed by atoms with Crippen molar-refractivity contribution in [3.05, 3.63) is 45.7 Å². The number of anilines is 1. The molecule has 126 valence electrons. The molecule has 0 aliphatic carbocycles. The predicted molar refractivity (Wildman–Crippen MR) is 93.6 cm³/mol. The minimum atomic E-state index is -0.405. The molecule has 1 aromatic carbocycles. The van der Waals surface area contributed by atoms with Crippen LogP contribution < -0.4 is 14.8 Å². The van der Waals surface area contributed by atoms with Crippen molar-refractivity contribution < 1.29 is 14.3 Å². The van der Waals surface area contributed by atoms with Crippen LogP contribution in [0.1, 0.15) is 29.8 Å². The summed E-state index contributed by atoms with van der Waals surface area (Å²) in [6.45, 7) is 3.93. The molecule has 2 aromatic rings. The molecule has 5 nitrogen and oxygen atoms in total. The van der Waals surface area contributed by atoms with Crippen LogP contribution in [0.3, 0.4) is 0 Å². The first-order valence-corrected chi connectivity index (χ1v) is 8.07. The number of methoxy groups -OCH3 is 1. The number of ether oxygens (including phenoxy) is 2. The number of carbonyl (C=O) groups is 1. The van der Waals surface area contributed by atoms with E-state index in [0.29, 0.717) is 29.2 Å². The van der Waals surface area contributed by atoms with Gasteiger partial charge in [0.05, 0.1) is 22.8 Å². The molecular formula is C17H16Cl2N2O3. The van der Waals surface area contributed by atoms with Gasteiger partial charge in [0.2, 0.25) is 0 Å². The number of nitrogens with one attached hydrogen (secondary N) is 1. The van der Waals surface area contributed by atoms with E-state index in [0.717, 1.165) is 5.56 Å². The number of nitrogens with zero attached hydrogens (tertiary/aromatic N) is 1. The summed E-state index contributed by atoms with van der Waals surface area (Å²) in [5, 5.41) is 3.30. The van der Waals surface area contributed by atoms with Crippen molar-refractivity contribution in [2.75, 3.05) is 12.4 Å². The van der Waals surface area contributed by atoms with Crippen molar-refractivity contribution >= 4 is 34.8 Å². The highest BCUT2D eigenvalue weighted by molar-refractivity contribution is 6.39. The van der Waals surface area contributed by atoms with Crippen molar-refractivity contribution in [3.8, 4) is 11.5 Å². The van der Waals surface area contributed by atoms with Gasteiger partial charge in [-0.3, -0.25) is 9.78 Å². The molecule has 0 atom stereocenters. The van der Waals surface area contributed by atoms with Gasteiger partial charge in [0.25, 0.3) is 5.91 Å². The summed E-state index contributed by atoms with van der Waals surface area (Å²) in [6.07, 6.45) is 3.45. The zero-order chi connectivity index (χ0) is 17.5. The molecule has 1 aliphatic heterocycles. The first kappa shape index (κ1) is 16.9. The Bertz CT molecular complexity index is 801. The summed E-state index contributed by atoms with van der Waals surface area (Å²) in [5.74, 6) is 0.888. The number of pyridine rings is 1. The summed E-state index contributed by atoms with van der Waals surface area (Å²) in [6, 6.07) is 3.42. The summed E-state index contributed by atoms with van der Waals surface area (Å²) < 4.78 is 11.3. The molecule has 2 heterocycles. The number of halogens is 2. The monoisotopic (exact) mass is 366 g/mol. The highest BCUT2D eigenvalue weighted by atomic mass is 35.5. The smallest absolute Gasteiger partial charge is 0.256 e. The third-order valence-corrected chi connectivity index (χ3v) is 4.33. The van der Waals surface area contributed by atoms with E-state index in [1.54, 1.807) is 19.2 Å². The zero-order valence-corrected chi connectivity index (χ0v) is 15.0. The molecule has 1 aromatic heterocycles. The molecule has 7 heteroatoms. The van der Waals surface area contributed by atoms with E-state index in [-0.39, 0.29) is 16.0 Å². The lowest BCUT2D eigenvalue weighted by Gasteiger charge is -2.17. The van der Waals surface area contributed by atoms with Crippen molar-refractivity contribution in [1.82, 2.24) is 4.98 Å². The van der Waals surface area contributed by atoms with Crippen LogP contribution in [0.5, 0.6) is 11.5 Å². The molecule has 0 unspecified atom stereocenters. The Kier molecular flexibility index (Phi) is 4.32. The van der Waals surface area contributed by atoms with Crippen LogP contribution in [0.4, 0.5) is 5.69 Å². The molecule has 0 spiro atoms. The minimum absolute atomic E-state index is 0.276. The lowest BCUT2D eigenvalue weighted by molar-refractivity contribution is 0.102. The van der Waals surface area contributed by atoms with Gasteiger partial charge in [-0.15, -0.1) is 0 Å². The molecule has 0 bridgehead atoms. The Morgan fingerprint density at radius 2 is 1.96 bits per heavy atom. The normalized spacial score (nSPS) is 14.7. The van der Waals surface area contributed by atoms with E-state index >= 15 is 0 Å². The molecule has 0 saturated carbocycles. The molecule has 3 rings (SSSR count). The maximum atomic E-state index is 12.7. The van der Waals surface area contributed by atoms with Crippen LogP contribution >= 0.6 is 23.2 Å². The van der Waals surface area contributed by atoms with Gasteiger partial charge < -0.3 is 14.8 Å². The fourth-order valence-electron chi connectivity index (χ4n) is 2.72. The van der Waals surface area contributed by atoms with E-state index in [1.165, 1.54) is 12.4 Å². The number of hydrogen-bond acceptors (Lipinski definition) is 4. The van der Waals surface area contributed by atoms with Gasteiger partial charge >= 0.3 is 0 Å². The number of hydrogen-bond donors (Lipinski definition) is 1. The van der Waals surface area contributed by atoms with Crippen molar-refractivity contribution in [2.45, 2.75) is 25.9 Å². The third-order valence-electron chi connectivity index (χ3n) is 3.76. The maximum Gasteiger partial charge on any atom is 0.256 e. The first-order valence-electron chi connectivity index (χ1n) is 7.31. The second-order valence-electron chi connectivity index (χ2n) is 6.09. The van der Waals surface area contributed by atoms with Crippen LogP contribution in [0.2, 0.25) is 10.0 Å². The molecule has 0 radical (unpaired) electrons. The van der Waals surface area contributed by atoms with Gasteiger partial charge in [0, 0.05) is 29.9 Å². The van der Waals surface area contributed by atoms with Gasteiger partial charge in [-0.2, -0.15) is 0 Å². The second-order valence-corrected chi connectivity index (χ2v) is 6.91. The zero-order valence-electron chi connectivity index (χ0n) is 13.4. The lowest BCUT2D eigenvalue weighted by Crippen LogP contribution is -2.25. The summed E-state index contributed by atoms with van der Waals surface area (Å²) in [5.41, 5.74) is 1.23. The fraction of sp³-hybridized carbons (Fsp3) is 0.294. The number of benzene rings is 1. The summed E-state index contributed by atoms with van der Waals surface area (Å²) >= 11 is 12.1. The van der Waals surface area contributed by atoms with Gasteiger partial charge in [-0.1, -0.05) is 23.2 Å². The Hall–Kier alpha value is -1.98. The quantitative estimate of drug-likeness (QED) is 0.876. The molecule has 24 heavy (non-hydrogen) atoms. The van der Waals surface area contributed by atoms with Crippen LogP contribution in [-0.4, -0.2) is 23.6 Å². The summed E-state index contributed by atoms with van der Waals surface area (Å²) in [4.78, 5) is 16.6. The third kappa shape index (κ3) is 3.01. The maximum absolute atomic E-state index is 12.7. The van der Waals surface area contributed by atoms with Gasteiger partial charge in [0.15, 0.2) is 11.5 Å². The van der Waals surface area contributed by atoms with Crippen LogP contribution in [0.25, 0.3) is 0 Å². The van der Waals surface area contributed by atoms with Crippen LogP contribution in [0.15, 0.2) is 24.5 Å². The Labute approximate surface area is 149 Å². The Balaban J connectivity index is 1.99. The molecule has 0 saturated heterocycles. The number of amides is 1. The highest BCUT2D eigenvalue weighted by Gasteiger charge is 2.35. The average Bonchev–Trinajstić information content (AvgIpc) is 2.84. The van der Waals surface area contributed by atoms with Crippen molar-refractivity contribution in [3.63, 3.8) is 0 Å². The standard InChI is InChI=1S/C17H16Cl2N2O3/c1-17(2)6-10-9(4-5-13(23-3)15(10)24-17)16(22)21-14-11(18)7-20-8-12(14)19/h4-5,7-8H,6H2,1-3H3,(H,20,21,22). The van der Waals surface area contributed by atoms with Gasteiger partial charge in [-0.25, -0.2) is 0 Å². The minimum Gasteiger partial charge on any atom is -0.493 e. The fourth-order valence-corrected chi connectivity index (χ4v) is 3.18. The van der Waals surface area contributed by atoms with Crippen molar-refractivity contribution in [2.24, 2.45) is 0 Å². The lowest BCUT2D eigenvalue weighted by atomic mass is 9.96. The number of fused-ring (bicyclic) bond motifs is 1. The topological polar surface area (TPSA) is 60.5 Å². The largest absolute Gasteiger partial charge is 0.493 e. The van der Waals surface area contributed by atoms with E-state index in [2.05, 4.69) is 10.3 Å². The Morgan fingerprint density at radius 3 is 2.58 bits per heavy atom. The van der Waals surface area contributed by atoms with Crippen LogP contribution in [0, 0.1) is 0 Å². The molecule has 1 aliphatic rings. The van der Waals surface area contributed by atoms with E-state index in [4.69, 9.17) is 32.7 Å². The average molecular weight is 367 g/mol. The molecule has 1 amide bonds. The van der Waals surface area contributed by atoms with Crippen molar-refractivity contribution in [1.29, 1.82) is 0 Å². The van der Waals surface area contributed by atoms with Crippen LogP contribution in [-0.2, 0) is 6.42 Å². The highest BCUT2D eigenvalue weighted by Crippen LogP contribution is 2.44. The second kappa shape index (κ2) is 6.15. The number of carbonyl (C=O) groups excluding carboxylic acids is 1. The van der Waals surface area contributed by atoms with E-state index in [1.807, 2.05) is 13.8 Å². The predicted octanol–water partition coefficient (Wildman–Crippen LogP) is 4.36. The van der Waals surface area contributed by atoms with E-state index in [9.17, 15) is 4.79 Å². The molecular weight excluding hydrogens is 351 g/mol. The molecule has 1 N–H and O–H groups in total. The Morgan fingerprint density at radius 1 is 1.29 bits per heavy atom. The van der Waals surface area contributed by atoms with Gasteiger partial charge in [-0.05, 0) is 26.0 Å². The SMILES string of the molecule is COc1ccc(C(=O)Nc2c(Cl)cncc2Cl)c2c1OC(C)(C)C2. The first-order chi connectivity index (χ1) is 11.3.